The Kier molecular flexibility index (Phi) is 5.78. The number of benzene rings is 3. The number of phenolic OH excluding ortho intramolecular Hbond substituents is 1. The molecule has 0 spiro atoms. The molecule has 0 bridgehead atoms. The first-order valence-corrected chi connectivity index (χ1v) is 11.9. The van der Waals surface area contributed by atoms with Crippen molar-refractivity contribution in [2.24, 2.45) is 0 Å². The normalized spacial score (nSPS) is 14.9. The zero-order valence-electron chi connectivity index (χ0n) is 18.7. The van der Waals surface area contributed by atoms with E-state index < -0.39 is 73.2 Å². The molecule has 0 atom stereocenters. The van der Waals surface area contributed by atoms with Crippen LogP contribution in [0.25, 0.3) is 0 Å². The van der Waals surface area contributed by atoms with Gasteiger partial charge in [-0.3, -0.25) is 24.4 Å². The zero-order valence-corrected chi connectivity index (χ0v) is 19.6. The lowest BCUT2D eigenvalue weighted by molar-refractivity contribution is -0.0327. The molecule has 2 aliphatic rings. The van der Waals surface area contributed by atoms with Crippen molar-refractivity contribution in [3.8, 4) is 5.75 Å². The van der Waals surface area contributed by atoms with E-state index in [0.717, 1.165) is 12.1 Å². The third-order valence-electron chi connectivity index (χ3n) is 5.87. The summed E-state index contributed by atoms with van der Waals surface area (Å²) in [7, 11) is -5.87. The minimum atomic E-state index is -5.87. The largest absolute Gasteiger partial charge is 0.503 e. The molecule has 0 saturated carbocycles. The fourth-order valence-electron chi connectivity index (χ4n) is 4.02. The number of rotatable bonds is 5. The van der Waals surface area contributed by atoms with Gasteiger partial charge in [0.25, 0.3) is 23.6 Å². The molecule has 200 valence electrons. The number of carbonyl (C=O) groups is 4. The predicted molar refractivity (Wildman–Crippen MR) is 115 cm³/mol. The van der Waals surface area contributed by atoms with Gasteiger partial charge in [0.2, 0.25) is 11.6 Å². The molecule has 16 heteroatoms. The van der Waals surface area contributed by atoms with Gasteiger partial charge in [0.15, 0.2) is 22.3 Å². The highest BCUT2D eigenvalue weighted by Crippen LogP contribution is 2.34. The summed E-state index contributed by atoms with van der Waals surface area (Å²) in [5, 5.41) is 18.1. The van der Waals surface area contributed by atoms with Crippen LogP contribution in [-0.4, -0.2) is 52.5 Å². The molecule has 39 heavy (non-hydrogen) atoms. The Hall–Kier alpha value is -4.67. The van der Waals surface area contributed by atoms with Crippen LogP contribution in [0.2, 0.25) is 0 Å². The zero-order chi connectivity index (χ0) is 28.5. The van der Waals surface area contributed by atoms with Gasteiger partial charge in [-0.1, -0.05) is 12.1 Å². The Morgan fingerprint density at radius 1 is 0.692 bits per heavy atom. The highest BCUT2D eigenvalue weighted by atomic mass is 32.2. The second kappa shape index (κ2) is 8.69. The molecule has 0 radical (unpaired) electrons. The van der Waals surface area contributed by atoms with Crippen LogP contribution in [-0.2, 0) is 20.8 Å². The van der Waals surface area contributed by atoms with Crippen LogP contribution < -0.4 is 0 Å². The van der Waals surface area contributed by atoms with Gasteiger partial charge >= 0.3 is 10.1 Å². The summed E-state index contributed by atoms with van der Waals surface area (Å²) in [4.78, 5) is 46.9. The van der Waals surface area contributed by atoms with Gasteiger partial charge in [-0.25, -0.2) is 8.78 Å². The summed E-state index contributed by atoms with van der Waals surface area (Å²) >= 11 is 0. The molecule has 2 aliphatic heterocycles. The first-order chi connectivity index (χ1) is 18.2. The van der Waals surface area contributed by atoms with Crippen LogP contribution in [0, 0.1) is 23.3 Å². The number of nitrogens with zero attached hydrogens (tertiary/aromatic N) is 2. The van der Waals surface area contributed by atoms with E-state index in [1.54, 1.807) is 0 Å². The second-order valence-corrected chi connectivity index (χ2v) is 9.69. The molecule has 0 fully saturated rings. The van der Waals surface area contributed by atoms with Crippen LogP contribution in [0.4, 0.5) is 17.6 Å². The number of hydroxylamine groups is 4. The second-order valence-electron chi connectivity index (χ2n) is 8.23. The Balaban J connectivity index is 1.43. The molecule has 0 unspecified atom stereocenters. The van der Waals surface area contributed by atoms with Crippen molar-refractivity contribution in [3.05, 3.63) is 93.0 Å². The van der Waals surface area contributed by atoms with E-state index in [2.05, 4.69) is 4.28 Å². The number of hydrogen-bond donors (Lipinski definition) is 2. The smallest absolute Gasteiger partial charge is 0.324 e. The lowest BCUT2D eigenvalue weighted by Crippen LogP contribution is -2.33. The molecular formula is C23H10F4N2O9S. The molecule has 3 aromatic carbocycles. The van der Waals surface area contributed by atoms with Crippen LogP contribution >= 0.6 is 0 Å². The fraction of sp³-hybridized carbons (Fsp3) is 0.0435. The SMILES string of the molecule is O=C1c2ccc(Cc3ccc4c(c3)C(=O)N(OS(=O)(=O)c3c(F)c(F)c(O)c(F)c3F)C4=O)cc2C(=O)N1O. The standard InChI is InChI=1S/C23H10F4N2O9S/c24-14-16(26)19(17(27)15(25)18(14)30)39(36,37)38-29-22(33)11-4-2-9(7-13(11)23(29)34)5-8-1-3-10-12(6-8)21(32)28(35)20(10)31/h1-4,6-7,30,35H,5H2. The van der Waals surface area contributed by atoms with Crippen molar-refractivity contribution < 1.29 is 59.8 Å². The molecule has 2 N–H and O–H groups in total. The highest BCUT2D eigenvalue weighted by molar-refractivity contribution is 7.86. The van der Waals surface area contributed by atoms with Crippen molar-refractivity contribution in [1.29, 1.82) is 0 Å². The topological polar surface area (TPSA) is 159 Å². The van der Waals surface area contributed by atoms with Gasteiger partial charge in [-0.05, 0) is 41.8 Å². The molecule has 0 saturated heterocycles. The quantitative estimate of drug-likeness (QED) is 0.205. The minimum Gasteiger partial charge on any atom is -0.503 e. The predicted octanol–water partition coefficient (Wildman–Crippen LogP) is 2.44. The summed E-state index contributed by atoms with van der Waals surface area (Å²) in [5.74, 6) is -16.8. The summed E-state index contributed by atoms with van der Waals surface area (Å²) in [6, 6.07) is 7.71. The molecule has 0 aliphatic carbocycles. The van der Waals surface area contributed by atoms with Crippen LogP contribution in [0.1, 0.15) is 52.6 Å². The third kappa shape index (κ3) is 3.84. The maximum atomic E-state index is 14.1. The molecule has 4 amide bonds. The Labute approximate surface area is 214 Å². The van der Waals surface area contributed by atoms with Crippen LogP contribution in [0.5, 0.6) is 5.75 Å². The third-order valence-corrected chi connectivity index (χ3v) is 7.08. The van der Waals surface area contributed by atoms with E-state index in [4.69, 9.17) is 5.11 Å². The number of imide groups is 2. The highest BCUT2D eigenvalue weighted by Gasteiger charge is 2.43. The van der Waals surface area contributed by atoms with E-state index in [1.807, 2.05) is 0 Å². The van der Waals surface area contributed by atoms with Gasteiger partial charge in [-0.15, -0.1) is 14.4 Å². The number of phenols is 1. The van der Waals surface area contributed by atoms with E-state index in [0.29, 0.717) is 11.1 Å². The van der Waals surface area contributed by atoms with Crippen molar-refractivity contribution in [3.63, 3.8) is 0 Å². The van der Waals surface area contributed by atoms with Crippen LogP contribution in [0.15, 0.2) is 41.3 Å². The average Bonchev–Trinajstić information content (AvgIpc) is 3.25. The number of aromatic hydroxyl groups is 1. The summed E-state index contributed by atoms with van der Waals surface area (Å²) < 4.78 is 84.6. The van der Waals surface area contributed by atoms with Crippen molar-refractivity contribution in [1.82, 2.24) is 10.1 Å². The van der Waals surface area contributed by atoms with Crippen LogP contribution in [0.3, 0.4) is 0 Å². The summed E-state index contributed by atoms with van der Waals surface area (Å²) in [6.45, 7) is 0. The van der Waals surface area contributed by atoms with Gasteiger partial charge in [0.1, 0.15) is 0 Å². The van der Waals surface area contributed by atoms with Crippen molar-refractivity contribution in [2.45, 2.75) is 11.3 Å². The van der Waals surface area contributed by atoms with Gasteiger partial charge in [-0.2, -0.15) is 17.2 Å². The molecular weight excluding hydrogens is 556 g/mol. The average molecular weight is 566 g/mol. The minimum absolute atomic E-state index is 0.0244. The Morgan fingerprint density at radius 3 is 1.67 bits per heavy atom. The lowest BCUT2D eigenvalue weighted by Gasteiger charge is -2.14. The molecule has 3 aromatic rings. The monoisotopic (exact) mass is 566 g/mol. The van der Waals surface area contributed by atoms with Gasteiger partial charge < -0.3 is 5.11 Å². The maximum Gasteiger partial charge on any atom is 0.324 e. The Bertz CT molecular complexity index is 1760. The van der Waals surface area contributed by atoms with Crippen molar-refractivity contribution >= 4 is 33.7 Å². The number of amides is 4. The first-order valence-electron chi connectivity index (χ1n) is 10.5. The number of fused-ring (bicyclic) bond motifs is 2. The number of hydrogen-bond acceptors (Lipinski definition) is 9. The van der Waals surface area contributed by atoms with Crippen molar-refractivity contribution in [2.75, 3.05) is 0 Å². The first kappa shape index (κ1) is 26.0. The van der Waals surface area contributed by atoms with Gasteiger partial charge in [0.05, 0.1) is 22.3 Å². The lowest BCUT2D eigenvalue weighted by atomic mass is 9.98. The van der Waals surface area contributed by atoms with E-state index in [1.165, 1.54) is 24.3 Å². The summed E-state index contributed by atoms with van der Waals surface area (Å²) in [5.41, 5.74) is -0.0915. The molecule has 5 rings (SSSR count). The summed E-state index contributed by atoms with van der Waals surface area (Å²) in [6.07, 6.45) is 0.0244. The molecule has 11 nitrogen and oxygen atoms in total. The maximum absolute atomic E-state index is 14.1. The number of halogens is 4. The Morgan fingerprint density at radius 2 is 1.13 bits per heavy atom. The van der Waals surface area contributed by atoms with E-state index in [-0.39, 0.29) is 33.2 Å². The number of carbonyl (C=O) groups excluding carboxylic acids is 4. The molecule has 0 aromatic heterocycles. The van der Waals surface area contributed by atoms with E-state index in [9.17, 15) is 50.4 Å². The fourth-order valence-corrected chi connectivity index (χ4v) is 5.04. The van der Waals surface area contributed by atoms with Gasteiger partial charge in [0, 0.05) is 0 Å². The molecule has 2 heterocycles. The van der Waals surface area contributed by atoms with E-state index >= 15 is 0 Å².